The summed E-state index contributed by atoms with van der Waals surface area (Å²) < 4.78 is 5.26. The second-order valence-electron chi connectivity index (χ2n) is 6.51. The minimum Gasteiger partial charge on any atom is -0.497 e. The molecule has 0 aliphatic rings. The molecule has 3 aromatic carbocycles. The summed E-state index contributed by atoms with van der Waals surface area (Å²) in [5, 5.41) is 3.52. The SMILES string of the molecule is CCc1ccc(N[C@@H](CC(=O)c2ccccc2)c2ccc(OC)cc2)cc1. The Bertz CT molecular complexity index is 855. The molecule has 1 atom stereocenters. The van der Waals surface area contributed by atoms with E-state index in [9.17, 15) is 4.79 Å². The van der Waals surface area contributed by atoms with E-state index >= 15 is 0 Å². The van der Waals surface area contributed by atoms with Gasteiger partial charge in [-0.15, -0.1) is 0 Å². The predicted molar refractivity (Wildman–Crippen MR) is 111 cm³/mol. The normalized spacial score (nSPS) is 11.6. The first-order valence-electron chi connectivity index (χ1n) is 9.27. The maximum atomic E-state index is 12.8. The van der Waals surface area contributed by atoms with Crippen molar-refractivity contribution in [2.45, 2.75) is 25.8 Å². The fourth-order valence-corrected chi connectivity index (χ4v) is 3.05. The molecule has 0 radical (unpaired) electrons. The molecule has 3 aromatic rings. The highest BCUT2D eigenvalue weighted by Gasteiger charge is 2.17. The molecule has 0 bridgehead atoms. The van der Waals surface area contributed by atoms with Gasteiger partial charge in [-0.1, -0.05) is 61.5 Å². The lowest BCUT2D eigenvalue weighted by Crippen LogP contribution is -2.16. The second-order valence-corrected chi connectivity index (χ2v) is 6.51. The third kappa shape index (κ3) is 4.98. The van der Waals surface area contributed by atoms with E-state index in [0.717, 1.165) is 29.0 Å². The smallest absolute Gasteiger partial charge is 0.165 e. The van der Waals surface area contributed by atoms with E-state index in [2.05, 4.69) is 36.5 Å². The van der Waals surface area contributed by atoms with Crippen molar-refractivity contribution in [3.05, 3.63) is 95.6 Å². The number of carbonyl (C=O) groups is 1. The fourth-order valence-electron chi connectivity index (χ4n) is 3.05. The second kappa shape index (κ2) is 9.04. The van der Waals surface area contributed by atoms with E-state index in [1.165, 1.54) is 5.56 Å². The molecule has 0 aromatic heterocycles. The van der Waals surface area contributed by atoms with Crippen LogP contribution in [0.4, 0.5) is 5.69 Å². The monoisotopic (exact) mass is 359 g/mol. The zero-order valence-electron chi connectivity index (χ0n) is 15.8. The minimum absolute atomic E-state index is 0.115. The average Bonchev–Trinajstić information content (AvgIpc) is 2.74. The van der Waals surface area contributed by atoms with Crippen molar-refractivity contribution in [1.29, 1.82) is 0 Å². The van der Waals surface area contributed by atoms with E-state index < -0.39 is 0 Å². The first-order chi connectivity index (χ1) is 13.2. The van der Waals surface area contributed by atoms with Gasteiger partial charge < -0.3 is 10.1 Å². The third-order valence-electron chi connectivity index (χ3n) is 4.71. The molecule has 0 aliphatic heterocycles. The summed E-state index contributed by atoms with van der Waals surface area (Å²) >= 11 is 0. The molecule has 0 saturated heterocycles. The molecule has 0 saturated carbocycles. The van der Waals surface area contributed by atoms with Crippen LogP contribution in [0.15, 0.2) is 78.9 Å². The lowest BCUT2D eigenvalue weighted by atomic mass is 9.97. The van der Waals surface area contributed by atoms with Crippen molar-refractivity contribution in [3.8, 4) is 5.75 Å². The zero-order valence-corrected chi connectivity index (χ0v) is 15.8. The number of nitrogens with one attached hydrogen (secondary N) is 1. The quantitative estimate of drug-likeness (QED) is 0.526. The van der Waals surface area contributed by atoms with Gasteiger partial charge in [-0.05, 0) is 41.8 Å². The highest BCUT2D eigenvalue weighted by Crippen LogP contribution is 2.26. The molecule has 138 valence electrons. The fraction of sp³-hybridized carbons (Fsp3) is 0.208. The molecule has 0 unspecified atom stereocenters. The molecular weight excluding hydrogens is 334 g/mol. The summed E-state index contributed by atoms with van der Waals surface area (Å²) in [5.41, 5.74) is 4.09. The Hall–Kier alpha value is -3.07. The highest BCUT2D eigenvalue weighted by atomic mass is 16.5. The van der Waals surface area contributed by atoms with Crippen molar-refractivity contribution in [3.63, 3.8) is 0 Å². The third-order valence-corrected chi connectivity index (χ3v) is 4.71. The van der Waals surface area contributed by atoms with Crippen molar-refractivity contribution >= 4 is 11.5 Å². The molecule has 0 aliphatic carbocycles. The molecule has 3 rings (SSSR count). The maximum absolute atomic E-state index is 12.8. The highest BCUT2D eigenvalue weighted by molar-refractivity contribution is 5.96. The molecule has 0 spiro atoms. The van der Waals surface area contributed by atoms with E-state index in [1.807, 2.05) is 54.6 Å². The average molecular weight is 359 g/mol. The molecule has 3 heteroatoms. The molecule has 3 nitrogen and oxygen atoms in total. The number of methoxy groups -OCH3 is 1. The Morgan fingerprint density at radius 2 is 1.59 bits per heavy atom. The van der Waals surface area contributed by atoms with Gasteiger partial charge in [0.1, 0.15) is 5.75 Å². The van der Waals surface area contributed by atoms with Gasteiger partial charge in [-0.3, -0.25) is 4.79 Å². The van der Waals surface area contributed by atoms with Crippen LogP contribution in [0, 0.1) is 0 Å². The maximum Gasteiger partial charge on any atom is 0.165 e. The first kappa shape index (κ1) is 18.7. The van der Waals surface area contributed by atoms with Crippen LogP contribution in [0.1, 0.15) is 40.9 Å². The molecule has 1 N–H and O–H groups in total. The summed E-state index contributed by atoms with van der Waals surface area (Å²) in [6.45, 7) is 2.14. The lowest BCUT2D eigenvalue weighted by Gasteiger charge is -2.20. The number of hydrogen-bond donors (Lipinski definition) is 1. The summed E-state index contributed by atoms with van der Waals surface area (Å²) in [6.07, 6.45) is 1.39. The standard InChI is InChI=1S/C24H25NO2/c1-3-18-9-13-21(14-10-18)25-23(19-11-15-22(27-2)16-12-19)17-24(26)20-7-5-4-6-8-20/h4-16,23,25H,3,17H2,1-2H3/t23-/m0/s1. The van der Waals surface area contributed by atoms with Gasteiger partial charge in [0, 0.05) is 17.7 Å². The number of carbonyl (C=O) groups excluding carboxylic acids is 1. The van der Waals surface area contributed by atoms with Crippen LogP contribution in [0.5, 0.6) is 5.75 Å². The Balaban J connectivity index is 1.83. The zero-order chi connectivity index (χ0) is 19.1. The number of Topliss-reactive ketones (excluding diaryl/α,β-unsaturated/α-hetero) is 1. The van der Waals surface area contributed by atoms with Gasteiger partial charge in [0.25, 0.3) is 0 Å². The molecule has 27 heavy (non-hydrogen) atoms. The number of ether oxygens (including phenoxy) is 1. The van der Waals surface area contributed by atoms with E-state index in [0.29, 0.717) is 6.42 Å². The van der Waals surface area contributed by atoms with Crippen molar-refractivity contribution in [2.24, 2.45) is 0 Å². The number of rotatable bonds is 8. The topological polar surface area (TPSA) is 38.3 Å². The van der Waals surface area contributed by atoms with Crippen LogP contribution in [0.25, 0.3) is 0 Å². The van der Waals surface area contributed by atoms with Gasteiger partial charge in [0.05, 0.1) is 13.2 Å². The van der Waals surface area contributed by atoms with Gasteiger partial charge >= 0.3 is 0 Å². The van der Waals surface area contributed by atoms with Crippen molar-refractivity contribution in [1.82, 2.24) is 0 Å². The van der Waals surface area contributed by atoms with Crippen LogP contribution in [0.2, 0.25) is 0 Å². The Kier molecular flexibility index (Phi) is 6.26. The minimum atomic E-state index is -0.115. The van der Waals surface area contributed by atoms with Gasteiger partial charge in [-0.25, -0.2) is 0 Å². The van der Waals surface area contributed by atoms with Crippen LogP contribution < -0.4 is 10.1 Å². The lowest BCUT2D eigenvalue weighted by molar-refractivity contribution is 0.0976. The van der Waals surface area contributed by atoms with Crippen LogP contribution in [-0.4, -0.2) is 12.9 Å². The van der Waals surface area contributed by atoms with Crippen LogP contribution >= 0.6 is 0 Å². The van der Waals surface area contributed by atoms with Crippen molar-refractivity contribution in [2.75, 3.05) is 12.4 Å². The molecule has 0 fully saturated rings. The number of anilines is 1. The summed E-state index contributed by atoms with van der Waals surface area (Å²) in [6, 6.07) is 25.6. The Morgan fingerprint density at radius 3 is 2.19 bits per heavy atom. The largest absolute Gasteiger partial charge is 0.497 e. The van der Waals surface area contributed by atoms with E-state index in [-0.39, 0.29) is 11.8 Å². The van der Waals surface area contributed by atoms with E-state index in [4.69, 9.17) is 4.74 Å². The van der Waals surface area contributed by atoms with Gasteiger partial charge in [-0.2, -0.15) is 0 Å². The van der Waals surface area contributed by atoms with E-state index in [1.54, 1.807) is 7.11 Å². The Labute approximate surface area is 161 Å². The number of hydrogen-bond acceptors (Lipinski definition) is 3. The summed E-state index contributed by atoms with van der Waals surface area (Å²) in [5.74, 6) is 0.924. The molecule has 0 heterocycles. The number of ketones is 1. The molecular formula is C24H25NO2. The first-order valence-corrected chi connectivity index (χ1v) is 9.27. The Morgan fingerprint density at radius 1 is 0.926 bits per heavy atom. The molecule has 0 amide bonds. The number of aryl methyl sites for hydroxylation is 1. The summed E-state index contributed by atoms with van der Waals surface area (Å²) in [4.78, 5) is 12.8. The predicted octanol–water partition coefficient (Wildman–Crippen LogP) is 5.68. The van der Waals surface area contributed by atoms with Crippen LogP contribution in [0.3, 0.4) is 0 Å². The number of benzene rings is 3. The summed E-state index contributed by atoms with van der Waals surface area (Å²) in [7, 11) is 1.65. The van der Waals surface area contributed by atoms with Gasteiger partial charge in [0.15, 0.2) is 5.78 Å². The van der Waals surface area contributed by atoms with Crippen LogP contribution in [-0.2, 0) is 6.42 Å². The van der Waals surface area contributed by atoms with Gasteiger partial charge in [0.2, 0.25) is 0 Å². The van der Waals surface area contributed by atoms with Crippen molar-refractivity contribution < 1.29 is 9.53 Å².